The molecule has 1 aromatic rings. The van der Waals surface area contributed by atoms with Gasteiger partial charge in [-0.1, -0.05) is 6.92 Å². The molecule has 1 aliphatic rings. The first-order valence-electron chi connectivity index (χ1n) is 6.99. The van der Waals surface area contributed by atoms with Crippen molar-refractivity contribution in [2.45, 2.75) is 46.2 Å². The normalized spacial score (nSPS) is 21.1. The number of thiazole rings is 1. The first kappa shape index (κ1) is 14.5. The Morgan fingerprint density at radius 3 is 2.79 bits per heavy atom. The van der Waals surface area contributed by atoms with Crippen LogP contribution in [0.4, 0.5) is 0 Å². The van der Waals surface area contributed by atoms with Crippen LogP contribution in [0, 0.1) is 6.92 Å². The molecule has 1 fully saturated rings. The van der Waals surface area contributed by atoms with E-state index in [0.29, 0.717) is 12.1 Å². The van der Waals surface area contributed by atoms with Crippen LogP contribution in [-0.4, -0.2) is 52.4 Å². The van der Waals surface area contributed by atoms with Gasteiger partial charge >= 0.3 is 0 Å². The van der Waals surface area contributed by atoms with E-state index in [1.807, 2.05) is 11.8 Å². The SMILES string of the molecule is CCC1CN(C(=O)c2scnc2C)CCN1C(C)C. The summed E-state index contributed by atoms with van der Waals surface area (Å²) in [6.45, 7) is 11.2. The van der Waals surface area contributed by atoms with Crippen molar-refractivity contribution < 1.29 is 4.79 Å². The highest BCUT2D eigenvalue weighted by atomic mass is 32.1. The quantitative estimate of drug-likeness (QED) is 0.853. The third-order valence-electron chi connectivity index (χ3n) is 3.89. The Morgan fingerprint density at radius 1 is 1.53 bits per heavy atom. The van der Waals surface area contributed by atoms with Crippen molar-refractivity contribution in [3.05, 3.63) is 16.1 Å². The minimum Gasteiger partial charge on any atom is -0.335 e. The lowest BCUT2D eigenvalue weighted by Crippen LogP contribution is -2.56. The summed E-state index contributed by atoms with van der Waals surface area (Å²) < 4.78 is 0. The Bertz CT molecular complexity index is 444. The number of aromatic nitrogens is 1. The van der Waals surface area contributed by atoms with Gasteiger partial charge in [0.05, 0.1) is 11.2 Å². The van der Waals surface area contributed by atoms with E-state index in [4.69, 9.17) is 0 Å². The summed E-state index contributed by atoms with van der Waals surface area (Å²) in [7, 11) is 0. The van der Waals surface area contributed by atoms with Gasteiger partial charge in [0, 0.05) is 31.7 Å². The van der Waals surface area contributed by atoms with Crippen molar-refractivity contribution in [3.63, 3.8) is 0 Å². The van der Waals surface area contributed by atoms with Gasteiger partial charge in [0.1, 0.15) is 4.88 Å². The summed E-state index contributed by atoms with van der Waals surface area (Å²) in [5.41, 5.74) is 2.61. The molecule has 1 aliphatic heterocycles. The molecule has 0 aliphatic carbocycles. The first-order valence-corrected chi connectivity index (χ1v) is 7.87. The van der Waals surface area contributed by atoms with Crippen molar-refractivity contribution in [3.8, 4) is 0 Å². The van der Waals surface area contributed by atoms with E-state index in [2.05, 4.69) is 30.7 Å². The van der Waals surface area contributed by atoms with E-state index in [0.717, 1.165) is 36.6 Å². The molecule has 19 heavy (non-hydrogen) atoms. The fraction of sp³-hybridized carbons (Fsp3) is 0.714. The molecule has 4 nitrogen and oxygen atoms in total. The molecule has 2 heterocycles. The van der Waals surface area contributed by atoms with Gasteiger partial charge < -0.3 is 4.90 Å². The van der Waals surface area contributed by atoms with Crippen LogP contribution in [0.5, 0.6) is 0 Å². The number of hydrogen-bond donors (Lipinski definition) is 0. The van der Waals surface area contributed by atoms with Gasteiger partial charge in [-0.3, -0.25) is 9.69 Å². The Morgan fingerprint density at radius 2 is 2.26 bits per heavy atom. The number of amides is 1. The molecule has 1 aromatic heterocycles. The fourth-order valence-electron chi connectivity index (χ4n) is 2.75. The maximum Gasteiger partial charge on any atom is 0.265 e. The van der Waals surface area contributed by atoms with Crippen LogP contribution >= 0.6 is 11.3 Å². The molecular formula is C14H23N3OS. The van der Waals surface area contributed by atoms with Crippen LogP contribution in [-0.2, 0) is 0 Å². The molecular weight excluding hydrogens is 258 g/mol. The van der Waals surface area contributed by atoms with Gasteiger partial charge in [0.2, 0.25) is 0 Å². The fourth-order valence-corrected chi connectivity index (χ4v) is 3.52. The van der Waals surface area contributed by atoms with Crippen molar-refractivity contribution in [2.24, 2.45) is 0 Å². The summed E-state index contributed by atoms with van der Waals surface area (Å²) in [6, 6.07) is 1.03. The minimum absolute atomic E-state index is 0.154. The standard InChI is InChI=1S/C14H23N3OS/c1-5-12-8-16(6-7-17(12)10(2)3)14(18)13-11(4)15-9-19-13/h9-10,12H,5-8H2,1-4H3. The van der Waals surface area contributed by atoms with E-state index in [1.165, 1.54) is 11.3 Å². The molecule has 1 atom stereocenters. The number of hydrogen-bond acceptors (Lipinski definition) is 4. The van der Waals surface area contributed by atoms with Gasteiger partial charge in [-0.15, -0.1) is 11.3 Å². The van der Waals surface area contributed by atoms with E-state index in [9.17, 15) is 4.79 Å². The topological polar surface area (TPSA) is 36.4 Å². The summed E-state index contributed by atoms with van der Waals surface area (Å²) >= 11 is 1.45. The molecule has 1 unspecified atom stereocenters. The molecule has 0 saturated carbocycles. The van der Waals surface area contributed by atoms with Gasteiger partial charge in [-0.25, -0.2) is 4.98 Å². The predicted molar refractivity (Wildman–Crippen MR) is 78.7 cm³/mol. The van der Waals surface area contributed by atoms with Crippen LogP contribution in [0.25, 0.3) is 0 Å². The molecule has 0 bridgehead atoms. The largest absolute Gasteiger partial charge is 0.335 e. The summed E-state index contributed by atoms with van der Waals surface area (Å²) in [5.74, 6) is 0.154. The molecule has 2 rings (SSSR count). The average molecular weight is 281 g/mol. The molecule has 0 spiro atoms. The average Bonchev–Trinajstić information content (AvgIpc) is 2.83. The molecule has 1 saturated heterocycles. The van der Waals surface area contributed by atoms with Crippen LogP contribution in [0.3, 0.4) is 0 Å². The Kier molecular flexibility index (Phi) is 4.58. The van der Waals surface area contributed by atoms with Crippen LogP contribution in [0.15, 0.2) is 5.51 Å². The highest BCUT2D eigenvalue weighted by molar-refractivity contribution is 7.11. The molecule has 0 N–H and O–H groups in total. The predicted octanol–water partition coefficient (Wildman–Crippen LogP) is 2.40. The monoisotopic (exact) mass is 281 g/mol. The lowest BCUT2D eigenvalue weighted by atomic mass is 10.1. The van der Waals surface area contributed by atoms with Crippen LogP contribution < -0.4 is 0 Å². The molecule has 0 radical (unpaired) electrons. The number of carbonyl (C=O) groups is 1. The number of piperazine rings is 1. The number of carbonyl (C=O) groups excluding carboxylic acids is 1. The maximum absolute atomic E-state index is 12.5. The molecule has 5 heteroatoms. The molecule has 1 amide bonds. The zero-order valence-corrected chi connectivity index (χ0v) is 13.0. The Labute approximate surface area is 119 Å². The van der Waals surface area contributed by atoms with Crippen LogP contribution in [0.1, 0.15) is 42.6 Å². The van der Waals surface area contributed by atoms with E-state index >= 15 is 0 Å². The van der Waals surface area contributed by atoms with Crippen LogP contribution in [0.2, 0.25) is 0 Å². The summed E-state index contributed by atoms with van der Waals surface area (Å²) in [4.78, 5) is 22.0. The van der Waals surface area contributed by atoms with Crippen molar-refractivity contribution in [1.82, 2.24) is 14.8 Å². The summed E-state index contributed by atoms with van der Waals surface area (Å²) in [5, 5.41) is 0. The van der Waals surface area contributed by atoms with Gasteiger partial charge in [-0.05, 0) is 27.2 Å². The molecule has 0 aromatic carbocycles. The van der Waals surface area contributed by atoms with Gasteiger partial charge in [0.25, 0.3) is 5.91 Å². The number of rotatable bonds is 3. The highest BCUT2D eigenvalue weighted by Gasteiger charge is 2.31. The van der Waals surface area contributed by atoms with Crippen molar-refractivity contribution >= 4 is 17.2 Å². The third-order valence-corrected chi connectivity index (χ3v) is 4.81. The van der Waals surface area contributed by atoms with Crippen molar-refractivity contribution in [2.75, 3.05) is 19.6 Å². The zero-order chi connectivity index (χ0) is 14.0. The second-order valence-corrected chi connectivity index (χ2v) is 6.27. The lowest BCUT2D eigenvalue weighted by molar-refractivity contribution is 0.0374. The highest BCUT2D eigenvalue weighted by Crippen LogP contribution is 2.20. The van der Waals surface area contributed by atoms with E-state index in [1.54, 1.807) is 5.51 Å². The maximum atomic E-state index is 12.5. The van der Waals surface area contributed by atoms with Gasteiger partial charge in [0.15, 0.2) is 0 Å². The van der Waals surface area contributed by atoms with Gasteiger partial charge in [-0.2, -0.15) is 0 Å². The number of nitrogens with zero attached hydrogens (tertiary/aromatic N) is 3. The second kappa shape index (κ2) is 6.01. The third kappa shape index (κ3) is 2.98. The Balaban J connectivity index is 2.08. The Hall–Kier alpha value is -0.940. The smallest absolute Gasteiger partial charge is 0.265 e. The number of aryl methyl sites for hydroxylation is 1. The van der Waals surface area contributed by atoms with E-state index in [-0.39, 0.29) is 5.91 Å². The van der Waals surface area contributed by atoms with E-state index < -0.39 is 0 Å². The minimum atomic E-state index is 0.154. The summed E-state index contributed by atoms with van der Waals surface area (Å²) in [6.07, 6.45) is 1.09. The second-order valence-electron chi connectivity index (χ2n) is 5.41. The molecule has 106 valence electrons. The van der Waals surface area contributed by atoms with Crippen molar-refractivity contribution in [1.29, 1.82) is 0 Å². The lowest BCUT2D eigenvalue weighted by Gasteiger charge is -2.43. The first-order chi connectivity index (χ1) is 9.04. The zero-order valence-electron chi connectivity index (χ0n) is 12.2.